The quantitative estimate of drug-likeness (QED) is 0.329. The molecule has 3 aromatic rings. The topological polar surface area (TPSA) is 26.3 Å². The van der Waals surface area contributed by atoms with Crippen LogP contribution in [-0.4, -0.2) is 5.97 Å². The molecule has 3 heteroatoms. The van der Waals surface area contributed by atoms with Gasteiger partial charge in [0.05, 0.1) is 4.47 Å². The molecule has 0 radical (unpaired) electrons. The predicted molar refractivity (Wildman–Crippen MR) is 101 cm³/mol. The van der Waals surface area contributed by atoms with E-state index < -0.39 is 5.97 Å². The summed E-state index contributed by atoms with van der Waals surface area (Å²) < 4.78 is 6.13. The summed E-state index contributed by atoms with van der Waals surface area (Å²) in [6, 6.07) is 25.3. The lowest BCUT2D eigenvalue weighted by molar-refractivity contribution is -0.128. The van der Waals surface area contributed by atoms with Crippen LogP contribution in [0.2, 0.25) is 0 Å². The predicted octanol–water partition coefficient (Wildman–Crippen LogP) is 5.73. The van der Waals surface area contributed by atoms with E-state index in [1.807, 2.05) is 72.8 Å². The summed E-state index contributed by atoms with van der Waals surface area (Å²) in [6.45, 7) is 0. The van der Waals surface area contributed by atoms with Crippen LogP contribution in [0.3, 0.4) is 0 Å². The highest BCUT2D eigenvalue weighted by molar-refractivity contribution is 9.10. The lowest BCUT2D eigenvalue weighted by atomic mass is 10.1. The molecule has 0 heterocycles. The molecule has 0 atom stereocenters. The zero-order valence-electron chi connectivity index (χ0n) is 12.9. The summed E-state index contributed by atoms with van der Waals surface area (Å²) in [5, 5.41) is 0. The molecule has 0 N–H and O–H groups in total. The number of benzene rings is 3. The number of carbonyl (C=O) groups excluding carboxylic acids is 1. The molecule has 3 aromatic carbocycles. The maximum Gasteiger partial charge on any atom is 0.336 e. The van der Waals surface area contributed by atoms with E-state index in [0.717, 1.165) is 21.2 Å². The van der Waals surface area contributed by atoms with Crippen molar-refractivity contribution >= 4 is 28.0 Å². The minimum atomic E-state index is -0.410. The minimum absolute atomic E-state index is 0.410. The van der Waals surface area contributed by atoms with Gasteiger partial charge in [0, 0.05) is 6.08 Å². The molecule has 3 rings (SSSR count). The van der Waals surface area contributed by atoms with Crippen LogP contribution in [-0.2, 0) is 4.79 Å². The fraction of sp³-hybridized carbons (Fsp3) is 0. The molecule has 0 saturated carbocycles. The fourth-order valence-corrected chi connectivity index (χ4v) is 2.72. The molecule has 2 nitrogen and oxygen atoms in total. The zero-order chi connectivity index (χ0) is 16.8. The molecule has 0 amide bonds. The first-order chi connectivity index (χ1) is 11.7. The standard InChI is InChI=1S/C21H15BrO2/c22-19-15-18(17-9-5-2-6-10-17)12-13-20(19)24-21(23)14-11-16-7-3-1-4-8-16/h1-15H/b14-11+. The molecule has 118 valence electrons. The Bertz CT molecular complexity index is 856. The van der Waals surface area contributed by atoms with Gasteiger partial charge in [-0.25, -0.2) is 4.79 Å². The summed E-state index contributed by atoms with van der Waals surface area (Å²) in [6.07, 6.45) is 3.15. The van der Waals surface area contributed by atoms with Crippen molar-refractivity contribution in [1.82, 2.24) is 0 Å². The third-order valence-electron chi connectivity index (χ3n) is 3.46. The van der Waals surface area contributed by atoms with Gasteiger partial charge in [-0.3, -0.25) is 0 Å². The molecule has 0 aliphatic carbocycles. The molecular formula is C21H15BrO2. The monoisotopic (exact) mass is 378 g/mol. The Labute approximate surface area is 149 Å². The highest BCUT2D eigenvalue weighted by Crippen LogP contribution is 2.30. The van der Waals surface area contributed by atoms with Gasteiger partial charge in [-0.2, -0.15) is 0 Å². The van der Waals surface area contributed by atoms with E-state index in [0.29, 0.717) is 5.75 Å². The number of carbonyl (C=O) groups is 1. The lowest BCUT2D eigenvalue weighted by Crippen LogP contribution is -2.04. The van der Waals surface area contributed by atoms with E-state index in [1.54, 1.807) is 12.1 Å². The van der Waals surface area contributed by atoms with Crippen LogP contribution in [0.4, 0.5) is 0 Å². The van der Waals surface area contributed by atoms with Crippen LogP contribution in [0.25, 0.3) is 17.2 Å². The number of rotatable bonds is 4. The van der Waals surface area contributed by atoms with Crippen LogP contribution in [0, 0.1) is 0 Å². The third kappa shape index (κ3) is 4.21. The van der Waals surface area contributed by atoms with E-state index in [4.69, 9.17) is 4.74 Å². The number of ether oxygens (including phenoxy) is 1. The SMILES string of the molecule is O=C(/C=C/c1ccccc1)Oc1ccc(-c2ccccc2)cc1Br. The van der Waals surface area contributed by atoms with Crippen molar-refractivity contribution < 1.29 is 9.53 Å². The van der Waals surface area contributed by atoms with Crippen molar-refractivity contribution in [2.75, 3.05) is 0 Å². The van der Waals surface area contributed by atoms with Gasteiger partial charge in [-0.15, -0.1) is 0 Å². The van der Waals surface area contributed by atoms with E-state index in [2.05, 4.69) is 15.9 Å². The Balaban J connectivity index is 1.71. The Kier molecular flexibility index (Phi) is 5.24. The lowest BCUT2D eigenvalue weighted by Gasteiger charge is -2.07. The zero-order valence-corrected chi connectivity index (χ0v) is 14.4. The second-order valence-corrected chi connectivity index (χ2v) is 6.03. The molecule has 0 aromatic heterocycles. The van der Waals surface area contributed by atoms with Crippen molar-refractivity contribution in [3.8, 4) is 16.9 Å². The smallest absolute Gasteiger partial charge is 0.336 e. The summed E-state index contributed by atoms with van der Waals surface area (Å²) in [7, 11) is 0. The Morgan fingerprint density at radius 3 is 2.17 bits per heavy atom. The van der Waals surface area contributed by atoms with Crippen molar-refractivity contribution in [2.45, 2.75) is 0 Å². The van der Waals surface area contributed by atoms with Gasteiger partial charge in [0.25, 0.3) is 0 Å². The molecule has 0 unspecified atom stereocenters. The molecule has 0 fully saturated rings. The second-order valence-electron chi connectivity index (χ2n) is 5.18. The molecule has 24 heavy (non-hydrogen) atoms. The van der Waals surface area contributed by atoms with Gasteiger partial charge < -0.3 is 4.74 Å². The molecule has 0 saturated heterocycles. The summed E-state index contributed by atoms with van der Waals surface area (Å²) in [5.41, 5.74) is 3.12. The average Bonchev–Trinajstić information content (AvgIpc) is 2.63. The number of hydrogen-bond acceptors (Lipinski definition) is 2. The third-order valence-corrected chi connectivity index (χ3v) is 4.08. The maximum absolute atomic E-state index is 12.0. The van der Waals surface area contributed by atoms with E-state index in [-0.39, 0.29) is 0 Å². The van der Waals surface area contributed by atoms with Crippen LogP contribution in [0.1, 0.15) is 5.56 Å². The van der Waals surface area contributed by atoms with Crippen molar-refractivity contribution in [3.63, 3.8) is 0 Å². The van der Waals surface area contributed by atoms with Crippen LogP contribution >= 0.6 is 15.9 Å². The second kappa shape index (κ2) is 7.75. The Morgan fingerprint density at radius 1 is 0.833 bits per heavy atom. The van der Waals surface area contributed by atoms with Crippen molar-refractivity contribution in [3.05, 3.63) is 95.0 Å². The number of halogens is 1. The van der Waals surface area contributed by atoms with E-state index in [9.17, 15) is 4.79 Å². The molecule has 0 aliphatic rings. The highest BCUT2D eigenvalue weighted by atomic mass is 79.9. The van der Waals surface area contributed by atoms with Gasteiger partial charge in [-0.05, 0) is 50.8 Å². The van der Waals surface area contributed by atoms with Gasteiger partial charge in [0.1, 0.15) is 5.75 Å². The van der Waals surface area contributed by atoms with Crippen molar-refractivity contribution in [2.24, 2.45) is 0 Å². The largest absolute Gasteiger partial charge is 0.422 e. The first-order valence-electron chi connectivity index (χ1n) is 7.52. The number of hydrogen-bond donors (Lipinski definition) is 0. The van der Waals surface area contributed by atoms with Crippen LogP contribution < -0.4 is 4.74 Å². The van der Waals surface area contributed by atoms with Gasteiger partial charge in [0.2, 0.25) is 0 Å². The van der Waals surface area contributed by atoms with Crippen LogP contribution in [0.15, 0.2) is 89.4 Å². The highest BCUT2D eigenvalue weighted by Gasteiger charge is 2.07. The van der Waals surface area contributed by atoms with E-state index in [1.165, 1.54) is 6.08 Å². The van der Waals surface area contributed by atoms with Crippen molar-refractivity contribution in [1.29, 1.82) is 0 Å². The molecule has 0 aliphatic heterocycles. The Hall–Kier alpha value is -2.65. The van der Waals surface area contributed by atoms with Gasteiger partial charge >= 0.3 is 5.97 Å². The van der Waals surface area contributed by atoms with Gasteiger partial charge in [0.15, 0.2) is 0 Å². The van der Waals surface area contributed by atoms with Crippen LogP contribution in [0.5, 0.6) is 5.75 Å². The number of esters is 1. The fourth-order valence-electron chi connectivity index (χ4n) is 2.26. The average molecular weight is 379 g/mol. The minimum Gasteiger partial charge on any atom is -0.422 e. The van der Waals surface area contributed by atoms with E-state index >= 15 is 0 Å². The summed E-state index contributed by atoms with van der Waals surface area (Å²) in [4.78, 5) is 12.0. The molecule has 0 spiro atoms. The summed E-state index contributed by atoms with van der Waals surface area (Å²) in [5.74, 6) is 0.0874. The normalized spacial score (nSPS) is 10.7. The van der Waals surface area contributed by atoms with Gasteiger partial charge in [-0.1, -0.05) is 66.7 Å². The maximum atomic E-state index is 12.0. The summed E-state index contributed by atoms with van der Waals surface area (Å²) >= 11 is 3.47. The molecular weight excluding hydrogens is 364 g/mol. The first-order valence-corrected chi connectivity index (χ1v) is 8.31. The first kappa shape index (κ1) is 16.2. The Morgan fingerprint density at radius 2 is 1.50 bits per heavy atom. The molecule has 0 bridgehead atoms.